The van der Waals surface area contributed by atoms with Crippen LogP contribution < -0.4 is 14.8 Å². The summed E-state index contributed by atoms with van der Waals surface area (Å²) in [4.78, 5) is 13.2. The van der Waals surface area contributed by atoms with E-state index in [1.165, 1.54) is 0 Å². The highest BCUT2D eigenvalue weighted by Crippen LogP contribution is 2.33. The van der Waals surface area contributed by atoms with Gasteiger partial charge in [-0.1, -0.05) is 79.6 Å². The first-order chi connectivity index (χ1) is 16.7. The lowest BCUT2D eigenvalue weighted by molar-refractivity contribution is 0.0906. The van der Waals surface area contributed by atoms with Crippen molar-refractivity contribution in [3.63, 3.8) is 0 Å². The molecular weight excluding hydrogens is 430 g/mol. The van der Waals surface area contributed by atoms with Gasteiger partial charge in [0.1, 0.15) is 13.2 Å². The molecule has 0 radical (unpaired) electrons. The maximum Gasteiger partial charge on any atom is 0.255 e. The zero-order chi connectivity index (χ0) is 24.0. The number of aliphatic hydroxyl groups excluding tert-OH is 2. The van der Waals surface area contributed by atoms with E-state index in [0.717, 1.165) is 24.0 Å². The van der Waals surface area contributed by atoms with Gasteiger partial charge in [0, 0.05) is 6.61 Å². The molecule has 3 N–H and O–H groups in total. The zero-order valence-corrected chi connectivity index (χ0v) is 19.4. The van der Waals surface area contributed by atoms with Crippen LogP contribution >= 0.6 is 0 Å². The monoisotopic (exact) mass is 463 g/mol. The van der Waals surface area contributed by atoms with E-state index in [1.807, 2.05) is 60.7 Å². The fourth-order valence-corrected chi connectivity index (χ4v) is 3.57. The molecular formula is C28H33NO5. The van der Waals surface area contributed by atoms with Gasteiger partial charge in [-0.05, 0) is 36.1 Å². The van der Waals surface area contributed by atoms with Crippen molar-refractivity contribution in [2.24, 2.45) is 0 Å². The van der Waals surface area contributed by atoms with Crippen molar-refractivity contribution in [3.8, 4) is 11.5 Å². The minimum Gasteiger partial charge on any atom is -0.485 e. The van der Waals surface area contributed by atoms with Crippen LogP contribution in [0.2, 0.25) is 0 Å². The molecule has 0 aromatic heterocycles. The summed E-state index contributed by atoms with van der Waals surface area (Å²) in [5, 5.41) is 21.6. The van der Waals surface area contributed by atoms with Crippen molar-refractivity contribution in [3.05, 3.63) is 95.6 Å². The summed E-state index contributed by atoms with van der Waals surface area (Å²) < 4.78 is 12.2. The number of rotatable bonds is 14. The number of unbranched alkanes of at least 4 members (excludes halogenated alkanes) is 2. The van der Waals surface area contributed by atoms with Gasteiger partial charge in [0.05, 0.1) is 18.2 Å². The number of nitrogens with one attached hydrogen (secondary N) is 1. The van der Waals surface area contributed by atoms with Crippen LogP contribution in [0.15, 0.2) is 78.9 Å². The maximum absolute atomic E-state index is 13.2. The number of hydrogen-bond donors (Lipinski definition) is 3. The van der Waals surface area contributed by atoms with Crippen molar-refractivity contribution in [1.29, 1.82) is 0 Å². The normalized spacial score (nSPS) is 11.6. The lowest BCUT2D eigenvalue weighted by Gasteiger charge is -2.19. The first kappa shape index (κ1) is 25.3. The largest absolute Gasteiger partial charge is 0.485 e. The highest BCUT2D eigenvalue weighted by atomic mass is 16.5. The molecule has 34 heavy (non-hydrogen) atoms. The molecule has 0 spiro atoms. The summed E-state index contributed by atoms with van der Waals surface area (Å²) >= 11 is 0. The maximum atomic E-state index is 13.2. The quantitative estimate of drug-likeness (QED) is 0.307. The number of benzene rings is 3. The fourth-order valence-electron chi connectivity index (χ4n) is 3.57. The van der Waals surface area contributed by atoms with E-state index in [-0.39, 0.29) is 31.8 Å². The third kappa shape index (κ3) is 7.90. The molecule has 0 saturated heterocycles. The molecule has 0 aliphatic carbocycles. The van der Waals surface area contributed by atoms with E-state index in [0.29, 0.717) is 36.5 Å². The van der Waals surface area contributed by atoms with Gasteiger partial charge in [0.25, 0.3) is 5.91 Å². The van der Waals surface area contributed by atoms with Crippen molar-refractivity contribution >= 4 is 5.91 Å². The Morgan fingerprint density at radius 2 is 1.41 bits per heavy atom. The van der Waals surface area contributed by atoms with Crippen LogP contribution in [-0.2, 0) is 13.2 Å². The Hall–Kier alpha value is -3.35. The minimum absolute atomic E-state index is 0.147. The van der Waals surface area contributed by atoms with E-state index < -0.39 is 0 Å². The predicted octanol–water partition coefficient (Wildman–Crippen LogP) is 4.49. The Balaban J connectivity index is 1.77. The van der Waals surface area contributed by atoms with Crippen LogP contribution in [-0.4, -0.2) is 35.4 Å². The van der Waals surface area contributed by atoms with Crippen LogP contribution in [0.4, 0.5) is 0 Å². The van der Waals surface area contributed by atoms with Crippen molar-refractivity contribution in [2.45, 2.75) is 44.9 Å². The Morgan fingerprint density at radius 1 is 0.765 bits per heavy atom. The summed E-state index contributed by atoms with van der Waals surface area (Å²) in [5.41, 5.74) is 2.34. The molecule has 0 bridgehead atoms. The van der Waals surface area contributed by atoms with Gasteiger partial charge in [-0.25, -0.2) is 0 Å². The molecule has 3 aromatic rings. The van der Waals surface area contributed by atoms with E-state index >= 15 is 0 Å². The third-order valence-corrected chi connectivity index (χ3v) is 5.45. The van der Waals surface area contributed by atoms with Gasteiger partial charge in [0.15, 0.2) is 11.5 Å². The number of amides is 1. The van der Waals surface area contributed by atoms with Crippen LogP contribution in [0.3, 0.4) is 0 Å². The van der Waals surface area contributed by atoms with E-state index in [4.69, 9.17) is 14.6 Å². The third-order valence-electron chi connectivity index (χ3n) is 5.45. The lowest BCUT2D eigenvalue weighted by atomic mass is 10.1. The number of aliphatic hydroxyl groups is 2. The van der Waals surface area contributed by atoms with Crippen molar-refractivity contribution < 1.29 is 24.5 Å². The highest BCUT2D eigenvalue weighted by Gasteiger charge is 2.20. The van der Waals surface area contributed by atoms with Crippen molar-refractivity contribution in [1.82, 2.24) is 5.32 Å². The Bertz CT molecular complexity index is 994. The molecule has 3 aromatic carbocycles. The number of carbonyl (C=O) groups is 1. The standard InChI is InChI=1S/C28H33NO5/c30-18-9-3-8-15-24(19-31)29-28(32)25-16-10-17-26(33-20-22-11-4-1-5-12-22)27(25)34-21-23-13-6-2-7-14-23/h1-2,4-7,10-14,16-17,24,30-31H,3,8-9,15,18-21H2,(H,29,32)/t24-/m1/s1. The molecule has 0 aliphatic heterocycles. The molecule has 3 rings (SSSR count). The van der Waals surface area contributed by atoms with Gasteiger partial charge in [-0.2, -0.15) is 0 Å². The smallest absolute Gasteiger partial charge is 0.255 e. The number of ether oxygens (including phenoxy) is 2. The molecule has 0 unspecified atom stereocenters. The summed E-state index contributed by atoms with van der Waals surface area (Å²) in [5.74, 6) is 0.530. The van der Waals surface area contributed by atoms with E-state index in [9.17, 15) is 9.90 Å². The molecule has 1 atom stereocenters. The average Bonchev–Trinajstić information content (AvgIpc) is 2.89. The highest BCUT2D eigenvalue weighted by molar-refractivity contribution is 5.98. The summed E-state index contributed by atoms with van der Waals surface area (Å²) in [6, 6.07) is 24.4. The Labute approximate surface area is 201 Å². The molecule has 0 fully saturated rings. The van der Waals surface area contributed by atoms with Crippen LogP contribution in [0.25, 0.3) is 0 Å². The molecule has 0 aliphatic rings. The first-order valence-electron chi connectivity index (χ1n) is 11.7. The Morgan fingerprint density at radius 3 is 2.03 bits per heavy atom. The fraction of sp³-hybridized carbons (Fsp3) is 0.321. The average molecular weight is 464 g/mol. The van der Waals surface area contributed by atoms with E-state index in [2.05, 4.69) is 5.32 Å². The first-order valence-corrected chi connectivity index (χ1v) is 11.7. The molecule has 180 valence electrons. The van der Waals surface area contributed by atoms with Crippen LogP contribution in [0.1, 0.15) is 47.2 Å². The predicted molar refractivity (Wildman–Crippen MR) is 132 cm³/mol. The summed E-state index contributed by atoms with van der Waals surface area (Å²) in [6.07, 6.45) is 3.00. The number of carbonyl (C=O) groups excluding carboxylic acids is 1. The second kappa shape index (κ2) is 14.0. The number of para-hydroxylation sites is 1. The van der Waals surface area contributed by atoms with Gasteiger partial charge in [-0.3, -0.25) is 4.79 Å². The summed E-state index contributed by atoms with van der Waals surface area (Å²) in [7, 11) is 0. The van der Waals surface area contributed by atoms with Crippen molar-refractivity contribution in [2.75, 3.05) is 13.2 Å². The Kier molecular flexibility index (Phi) is 10.4. The van der Waals surface area contributed by atoms with Crippen LogP contribution in [0, 0.1) is 0 Å². The molecule has 6 nitrogen and oxygen atoms in total. The van der Waals surface area contributed by atoms with Gasteiger partial charge >= 0.3 is 0 Å². The molecule has 6 heteroatoms. The second-order valence-electron chi connectivity index (χ2n) is 8.11. The molecule has 0 heterocycles. The SMILES string of the molecule is O=C(N[C@@H](CO)CCCCCO)c1cccc(OCc2ccccc2)c1OCc1ccccc1. The number of hydrogen-bond acceptors (Lipinski definition) is 5. The molecule has 1 amide bonds. The topological polar surface area (TPSA) is 88.0 Å². The van der Waals surface area contributed by atoms with Gasteiger partial charge in [-0.15, -0.1) is 0 Å². The van der Waals surface area contributed by atoms with Gasteiger partial charge in [0.2, 0.25) is 0 Å². The second-order valence-corrected chi connectivity index (χ2v) is 8.11. The van der Waals surface area contributed by atoms with Crippen LogP contribution in [0.5, 0.6) is 11.5 Å². The minimum atomic E-state index is -0.373. The van der Waals surface area contributed by atoms with E-state index in [1.54, 1.807) is 18.2 Å². The summed E-state index contributed by atoms with van der Waals surface area (Å²) in [6.45, 7) is 0.623. The molecule has 0 saturated carbocycles. The van der Waals surface area contributed by atoms with Gasteiger partial charge < -0.3 is 25.0 Å². The lowest BCUT2D eigenvalue weighted by Crippen LogP contribution is -2.37. The zero-order valence-electron chi connectivity index (χ0n) is 19.4.